The lowest BCUT2D eigenvalue weighted by atomic mass is 9.89. The molecule has 0 saturated carbocycles. The molecule has 54 heavy (non-hydrogen) atoms. The highest BCUT2D eigenvalue weighted by Gasteiger charge is 2.32. The first-order chi connectivity index (χ1) is 26.1. The fraction of sp³-hybridized carbons (Fsp3) is 0.500. The minimum Gasteiger partial charge on any atom is -0.371 e. The van der Waals surface area contributed by atoms with Crippen molar-refractivity contribution in [1.82, 2.24) is 24.3 Å². The Hall–Kier alpha value is -5.24. The molecule has 4 aliphatic heterocycles. The summed E-state index contributed by atoms with van der Waals surface area (Å²) < 4.78 is 3.14. The monoisotopic (exact) mass is 736 g/mol. The van der Waals surface area contributed by atoms with Crippen molar-refractivity contribution in [1.29, 1.82) is 0 Å². The quantitative estimate of drug-likeness (QED) is 0.123. The number of carbonyl (C=O) groups is 3. The molecule has 4 N–H and O–H groups in total. The third kappa shape index (κ3) is 7.84. The molecule has 286 valence electrons. The fourth-order valence-electron chi connectivity index (χ4n) is 8.64. The second kappa shape index (κ2) is 16.0. The molecule has 0 spiro atoms. The van der Waals surface area contributed by atoms with Crippen molar-refractivity contribution in [2.24, 2.45) is 28.7 Å². The number of imidazole rings is 1. The Morgan fingerprint density at radius 2 is 1.69 bits per heavy atom. The number of amidine groups is 1. The van der Waals surface area contributed by atoms with Crippen LogP contribution in [0.15, 0.2) is 68.8 Å². The maximum absolute atomic E-state index is 13.2. The number of aliphatic imine (C=N–C) groups is 2. The zero-order chi connectivity index (χ0) is 37.9. The van der Waals surface area contributed by atoms with E-state index >= 15 is 0 Å². The van der Waals surface area contributed by atoms with Gasteiger partial charge in [-0.15, -0.1) is 0 Å². The van der Waals surface area contributed by atoms with Crippen LogP contribution in [0.1, 0.15) is 75.8 Å². The first kappa shape index (κ1) is 37.1. The lowest BCUT2D eigenvalue weighted by molar-refractivity contribution is -0.135. The van der Waals surface area contributed by atoms with Gasteiger partial charge < -0.3 is 25.8 Å². The number of anilines is 2. The van der Waals surface area contributed by atoms with E-state index in [-0.39, 0.29) is 23.7 Å². The van der Waals surface area contributed by atoms with Gasteiger partial charge in [0, 0.05) is 57.6 Å². The number of likely N-dealkylation sites (tertiary alicyclic amines) is 2. The first-order valence-electron chi connectivity index (χ1n) is 19.3. The highest BCUT2D eigenvalue weighted by Crippen LogP contribution is 2.33. The number of piperidine rings is 3. The summed E-state index contributed by atoms with van der Waals surface area (Å²) >= 11 is 0. The predicted octanol–water partition coefficient (Wildman–Crippen LogP) is 3.69. The third-order valence-corrected chi connectivity index (χ3v) is 11.7. The van der Waals surface area contributed by atoms with Gasteiger partial charge in [0.15, 0.2) is 11.5 Å². The maximum Gasteiger partial charge on any atom is 0.329 e. The van der Waals surface area contributed by atoms with E-state index in [1.54, 1.807) is 11.6 Å². The van der Waals surface area contributed by atoms with Gasteiger partial charge in [-0.1, -0.05) is 12.1 Å². The van der Waals surface area contributed by atoms with Crippen molar-refractivity contribution in [2.45, 2.75) is 70.3 Å². The van der Waals surface area contributed by atoms with Crippen LogP contribution in [0.5, 0.6) is 0 Å². The molecule has 0 aliphatic carbocycles. The Labute approximate surface area is 315 Å². The van der Waals surface area contributed by atoms with E-state index in [4.69, 9.17) is 10.7 Å². The van der Waals surface area contributed by atoms with Crippen LogP contribution in [0.2, 0.25) is 0 Å². The smallest absolute Gasteiger partial charge is 0.329 e. The summed E-state index contributed by atoms with van der Waals surface area (Å²) in [5, 5.41) is 5.66. The molecule has 3 amide bonds. The van der Waals surface area contributed by atoms with E-state index in [1.807, 2.05) is 31.2 Å². The zero-order valence-corrected chi connectivity index (χ0v) is 31.4. The minimum atomic E-state index is -0.686. The van der Waals surface area contributed by atoms with Crippen molar-refractivity contribution in [2.75, 3.05) is 56.0 Å². The van der Waals surface area contributed by atoms with Crippen LogP contribution in [0.25, 0.3) is 11.0 Å². The van der Waals surface area contributed by atoms with Gasteiger partial charge in [-0.2, -0.15) is 0 Å². The van der Waals surface area contributed by atoms with Crippen molar-refractivity contribution in [3.8, 4) is 0 Å². The molecular formula is C40H52N10O4. The highest BCUT2D eigenvalue weighted by molar-refractivity contribution is 6.00. The maximum atomic E-state index is 13.2. The number of benzene rings is 2. The number of nitrogens with one attached hydrogen (secondary N) is 2. The molecule has 4 aliphatic rings. The Kier molecular flexibility index (Phi) is 11.0. The molecule has 4 fully saturated rings. The van der Waals surface area contributed by atoms with Gasteiger partial charge in [0.25, 0.3) is 5.91 Å². The first-order valence-corrected chi connectivity index (χ1v) is 19.3. The van der Waals surface area contributed by atoms with E-state index < -0.39 is 17.9 Å². The van der Waals surface area contributed by atoms with Gasteiger partial charge in [0.05, 0.1) is 11.0 Å². The molecule has 0 radical (unpaired) electrons. The van der Waals surface area contributed by atoms with Crippen molar-refractivity contribution in [3.63, 3.8) is 0 Å². The standard InChI is InChI=1S/C40H52N10O4/c1-26(48-18-5-4-6-19-48)43-38(36(42-2)37(41)52)44-30-9-7-28(8-10-30)29-16-20-47(21-17-29)24-27-15-22-49(25-27)31-11-12-32-34(23-31)46(3)40(54)50(32)33-13-14-35(51)45-39(33)53/h7-12,23,27,29,33,44H,2,4-6,13-22,24-25H2,1,3H3,(H2,41,52)(H,45,51,53)/b38-36+,43-26?/t27-,33?/m1/s1. The molecule has 2 atom stereocenters. The molecule has 1 unspecified atom stereocenters. The van der Waals surface area contributed by atoms with Crippen LogP contribution < -0.4 is 27.0 Å². The number of rotatable bonds is 10. The summed E-state index contributed by atoms with van der Waals surface area (Å²) in [6, 6.07) is 13.7. The normalized spacial score (nSPS) is 22.4. The lowest BCUT2D eigenvalue weighted by Crippen LogP contribution is -2.44. The fourth-order valence-corrected chi connectivity index (χ4v) is 8.64. The number of amides is 3. The molecular weight excluding hydrogens is 685 g/mol. The van der Waals surface area contributed by atoms with Crippen LogP contribution in [0.4, 0.5) is 11.4 Å². The van der Waals surface area contributed by atoms with Gasteiger partial charge in [0.2, 0.25) is 11.8 Å². The molecule has 3 aromatic rings. The van der Waals surface area contributed by atoms with E-state index in [2.05, 4.69) is 55.2 Å². The summed E-state index contributed by atoms with van der Waals surface area (Å²) in [6.45, 7) is 12.5. The second-order valence-electron chi connectivity index (χ2n) is 15.2. The number of nitrogens with zero attached hydrogens (tertiary/aromatic N) is 7. The highest BCUT2D eigenvalue weighted by atomic mass is 16.2. The number of carbonyl (C=O) groups excluding carboxylic acids is 3. The topological polar surface area (TPSA) is 163 Å². The van der Waals surface area contributed by atoms with Crippen molar-refractivity contribution < 1.29 is 14.4 Å². The number of aromatic nitrogens is 2. The Morgan fingerprint density at radius 3 is 2.37 bits per heavy atom. The van der Waals surface area contributed by atoms with Crippen molar-refractivity contribution >= 4 is 52.7 Å². The van der Waals surface area contributed by atoms with Gasteiger partial charge in [0.1, 0.15) is 11.9 Å². The Balaban J connectivity index is 0.933. The van der Waals surface area contributed by atoms with E-state index in [0.717, 1.165) is 101 Å². The average Bonchev–Trinajstić information content (AvgIpc) is 3.74. The molecule has 14 heteroatoms. The summed E-state index contributed by atoms with van der Waals surface area (Å²) in [5.41, 5.74) is 10.1. The largest absolute Gasteiger partial charge is 0.371 e. The molecule has 1 aromatic heterocycles. The number of imide groups is 1. The van der Waals surface area contributed by atoms with Gasteiger partial charge in [-0.05, 0) is 119 Å². The minimum absolute atomic E-state index is 0.0166. The molecule has 2 aromatic carbocycles. The van der Waals surface area contributed by atoms with E-state index in [0.29, 0.717) is 29.6 Å². The molecule has 4 saturated heterocycles. The Bertz CT molecular complexity index is 2030. The number of primary amides is 1. The van der Waals surface area contributed by atoms with Crippen LogP contribution in [-0.4, -0.2) is 95.0 Å². The number of nitrogens with two attached hydrogens (primary N) is 1. The van der Waals surface area contributed by atoms with Crippen molar-refractivity contribution in [3.05, 3.63) is 70.0 Å². The lowest BCUT2D eigenvalue weighted by Gasteiger charge is -2.34. The van der Waals surface area contributed by atoms with Gasteiger partial charge >= 0.3 is 5.69 Å². The van der Waals surface area contributed by atoms with Gasteiger partial charge in [-0.25, -0.2) is 9.79 Å². The summed E-state index contributed by atoms with van der Waals surface area (Å²) in [5.74, 6) is 0.770. The third-order valence-electron chi connectivity index (χ3n) is 11.7. The number of hydrogen-bond donors (Lipinski definition) is 3. The van der Waals surface area contributed by atoms with E-state index in [9.17, 15) is 19.2 Å². The molecule has 7 rings (SSSR count). The number of fused-ring (bicyclic) bond motifs is 1. The number of aryl methyl sites for hydroxylation is 1. The number of hydrogen-bond acceptors (Lipinski definition) is 9. The molecule has 5 heterocycles. The Morgan fingerprint density at radius 1 is 0.944 bits per heavy atom. The second-order valence-corrected chi connectivity index (χ2v) is 15.2. The summed E-state index contributed by atoms with van der Waals surface area (Å²) in [4.78, 5) is 65.6. The molecule has 14 nitrogen and oxygen atoms in total. The van der Waals surface area contributed by atoms with Gasteiger partial charge in [-0.3, -0.25) is 33.8 Å². The van der Waals surface area contributed by atoms with E-state index in [1.165, 1.54) is 16.6 Å². The SMILES string of the molecule is C=N/C(C(N)=O)=C(\N=C(C)N1CCCCC1)Nc1ccc(C2CCN(C[C@H]3CCN(c4ccc5c(c4)n(C)c(=O)n5C4CCC(=O)NC4=O)C3)CC2)cc1. The summed E-state index contributed by atoms with van der Waals surface area (Å²) in [7, 11) is 1.74. The van der Waals surface area contributed by atoms with Crippen LogP contribution in [-0.2, 0) is 21.4 Å². The average molecular weight is 737 g/mol. The summed E-state index contributed by atoms with van der Waals surface area (Å²) in [6.07, 6.45) is 7.30. The molecule has 0 bridgehead atoms. The predicted molar refractivity (Wildman–Crippen MR) is 212 cm³/mol. The zero-order valence-electron chi connectivity index (χ0n) is 31.4. The van der Waals surface area contributed by atoms with Crippen LogP contribution in [0, 0.1) is 5.92 Å². The van der Waals surface area contributed by atoms with Crippen LogP contribution in [0.3, 0.4) is 0 Å². The van der Waals surface area contributed by atoms with Crippen LogP contribution >= 0.6 is 0 Å².